The van der Waals surface area contributed by atoms with E-state index < -0.39 is 89.8 Å². The van der Waals surface area contributed by atoms with Gasteiger partial charge in [0.05, 0.1) is 19.3 Å². The number of phosphoric ester groups is 2. The molecule has 26 nitrogen and oxygen atoms in total. The highest BCUT2D eigenvalue weighted by Crippen LogP contribution is 2.70. The highest BCUT2D eigenvalue weighted by Gasteiger charge is 2.38. The number of unbranched alkanes of at least 4 members (excludes halogenated alkanes) is 3. The molecule has 9 atom stereocenters. The minimum atomic E-state index is -6.89. The first-order chi connectivity index (χ1) is 21.8. The summed E-state index contributed by atoms with van der Waals surface area (Å²) in [5, 5.41) is 10.1. The van der Waals surface area contributed by atoms with Crippen LogP contribution < -0.4 is 46.3 Å². The number of phosphoric acid groups is 6. The third-order valence-corrected chi connectivity index (χ3v) is 14.4. The van der Waals surface area contributed by atoms with Crippen LogP contribution in [0.15, 0.2) is 15.8 Å². The molecule has 32 heteroatoms. The van der Waals surface area contributed by atoms with E-state index in [2.05, 4.69) is 30.6 Å². The van der Waals surface area contributed by atoms with E-state index in [1.54, 1.807) is 0 Å². The van der Waals surface area contributed by atoms with E-state index in [0.29, 0.717) is 25.8 Å². The quantitative estimate of drug-likeness (QED) is 0.0819. The van der Waals surface area contributed by atoms with Crippen molar-refractivity contribution >= 4 is 46.9 Å². The fourth-order valence-electron chi connectivity index (χ4n) is 3.50. The number of aliphatic hydroxyl groups is 1. The Hall–Kier alpha value is -0.580. The number of aromatic nitrogens is 2. The molecule has 0 aliphatic carbocycles. The summed E-state index contributed by atoms with van der Waals surface area (Å²) in [6.07, 6.45) is -2.10. The van der Waals surface area contributed by atoms with Gasteiger partial charge in [-0.3, -0.25) is 41.7 Å². The van der Waals surface area contributed by atoms with Crippen molar-refractivity contribution in [1.29, 1.82) is 0 Å². The summed E-state index contributed by atoms with van der Waals surface area (Å²) in [4.78, 5) is 96.2. The molecule has 1 saturated heterocycles. The van der Waals surface area contributed by atoms with Crippen LogP contribution in [0.5, 0.6) is 0 Å². The van der Waals surface area contributed by atoms with Gasteiger partial charge in [0.2, 0.25) is 0 Å². The Bertz CT molecular complexity index is 1680. The van der Waals surface area contributed by atoms with Crippen LogP contribution >= 0.6 is 46.9 Å². The molecule has 0 saturated carbocycles. The van der Waals surface area contributed by atoms with Gasteiger partial charge in [0.1, 0.15) is 12.3 Å². The lowest BCUT2D eigenvalue weighted by Gasteiger charge is -2.38. The summed E-state index contributed by atoms with van der Waals surface area (Å²) in [7, 11) is -39.0. The number of aryl methyl sites for hydroxylation is 1. The lowest BCUT2D eigenvalue weighted by Crippen LogP contribution is -2.33. The van der Waals surface area contributed by atoms with Crippen molar-refractivity contribution in [2.24, 2.45) is 5.73 Å². The van der Waals surface area contributed by atoms with E-state index in [4.69, 9.17) is 10.5 Å². The first kappa shape index (κ1) is 43.6. The van der Waals surface area contributed by atoms with E-state index in [9.17, 15) is 71.4 Å². The number of hydrogen-bond acceptors (Lipinski definition) is 24. The molecule has 1 aromatic rings. The summed E-state index contributed by atoms with van der Waals surface area (Å²) in [5.41, 5.74) is 3.64. The number of H-pyrrole nitrogens is 1. The second-order valence-corrected chi connectivity index (χ2v) is 18.5. The van der Waals surface area contributed by atoms with Crippen molar-refractivity contribution in [3.05, 3.63) is 32.6 Å². The average molecular weight is 815 g/mol. The molecule has 7 unspecified atom stereocenters. The van der Waals surface area contributed by atoms with Gasteiger partial charge >= 0.3 is 5.69 Å². The molecule has 0 bridgehead atoms. The SMILES string of the molecule is Cc1cn([C@H]2CC(O)[C@@H](COP(=O)([O-])OP(=O)([O-])OP(=O)([O-])OP(=O)([O-])OP(=O)([O-])OP(=O)([O-])OCCCCCCN)O2)c(=O)[nH]c1=O. The third kappa shape index (κ3) is 15.3. The van der Waals surface area contributed by atoms with Crippen molar-refractivity contribution in [1.82, 2.24) is 9.55 Å². The predicted molar refractivity (Wildman–Crippen MR) is 141 cm³/mol. The summed E-state index contributed by atoms with van der Waals surface area (Å²) in [6, 6.07) is 0. The standard InChI is InChI=1S/C16H33N3O23P6/c1-11-9-19(16(22)18-15(11)21)14-8-12(20)13(37-14)10-36-44(25,26)39-46(29,30)41-48(33,34)42-47(31,32)40-45(27,28)38-43(23,24)35-7-5-3-2-4-6-17/h9,12-14,20H,2-8,10,17H2,1H3,(H,23,24)(H,25,26)(H,27,28)(H,29,30)(H,31,32)(H,33,34)(H,18,21,22)/p-6/t12?,13-,14-/m1/s1. The van der Waals surface area contributed by atoms with Crippen LogP contribution in [0.2, 0.25) is 0 Å². The van der Waals surface area contributed by atoms with Crippen LogP contribution in [0, 0.1) is 6.92 Å². The smallest absolute Gasteiger partial charge is 0.330 e. The van der Waals surface area contributed by atoms with Gasteiger partial charge < -0.3 is 54.0 Å². The van der Waals surface area contributed by atoms with Crippen molar-refractivity contribution in [2.45, 2.75) is 57.5 Å². The molecule has 1 aliphatic rings. The molecule has 0 spiro atoms. The van der Waals surface area contributed by atoms with Gasteiger partial charge in [-0.15, -0.1) is 0 Å². The first-order valence-corrected chi connectivity index (χ1v) is 21.6. The van der Waals surface area contributed by atoms with Crippen molar-refractivity contribution in [3.63, 3.8) is 0 Å². The van der Waals surface area contributed by atoms with Gasteiger partial charge in [-0.05, 0) is 26.3 Å². The lowest BCUT2D eigenvalue weighted by molar-refractivity contribution is -0.256. The molecule has 4 N–H and O–H groups in total. The second kappa shape index (κ2) is 17.3. The first-order valence-electron chi connectivity index (χ1n) is 12.8. The minimum Gasteiger partial charge on any atom is -0.756 e. The highest BCUT2D eigenvalue weighted by molar-refractivity contribution is 7.71. The largest absolute Gasteiger partial charge is 0.756 e. The van der Waals surface area contributed by atoms with E-state index in [-0.39, 0.29) is 18.4 Å². The molecular weight excluding hydrogens is 788 g/mol. The van der Waals surface area contributed by atoms with Gasteiger partial charge in [0, 0.05) is 18.2 Å². The van der Waals surface area contributed by atoms with Gasteiger partial charge in [0.15, 0.2) is 0 Å². The Morgan fingerprint density at radius 2 is 1.27 bits per heavy atom. The molecular formula is C16H27N3O23P6-6. The highest BCUT2D eigenvalue weighted by atomic mass is 31.3. The zero-order chi connectivity index (χ0) is 36.8. The van der Waals surface area contributed by atoms with Crippen LogP contribution in [0.4, 0.5) is 0 Å². The Morgan fingerprint density at radius 1 is 0.812 bits per heavy atom. The fraction of sp³-hybridized carbons (Fsp3) is 0.750. The van der Waals surface area contributed by atoms with Crippen LogP contribution in [0.1, 0.15) is 43.9 Å². The number of aromatic amines is 1. The molecule has 1 aliphatic heterocycles. The third-order valence-electron chi connectivity index (χ3n) is 5.41. The van der Waals surface area contributed by atoms with Gasteiger partial charge in [-0.2, -0.15) is 0 Å². The minimum absolute atomic E-state index is 0.0599. The number of nitrogens with zero attached hydrogens (tertiary/aromatic N) is 1. The maximum absolute atomic E-state index is 12.0. The van der Waals surface area contributed by atoms with Crippen molar-refractivity contribution in [2.75, 3.05) is 19.8 Å². The summed E-state index contributed by atoms with van der Waals surface area (Å²) >= 11 is 0. The molecule has 280 valence electrons. The number of nitrogens with one attached hydrogen (secondary N) is 1. The van der Waals surface area contributed by atoms with E-state index >= 15 is 0 Å². The van der Waals surface area contributed by atoms with E-state index in [0.717, 1.165) is 10.8 Å². The van der Waals surface area contributed by atoms with Gasteiger partial charge in [-0.25, -0.2) is 26.3 Å². The Balaban J connectivity index is 1.94. The van der Waals surface area contributed by atoms with Gasteiger partial charge in [-0.1, -0.05) is 12.8 Å². The second-order valence-electron chi connectivity index (χ2n) is 9.33. The molecule has 48 heavy (non-hydrogen) atoms. The normalized spacial score (nSPS) is 26.0. The van der Waals surface area contributed by atoms with Crippen LogP contribution in [0.25, 0.3) is 0 Å². The van der Waals surface area contributed by atoms with Crippen LogP contribution in [0.3, 0.4) is 0 Å². The summed E-state index contributed by atoms with van der Waals surface area (Å²) in [5.74, 6) is 0. The molecule has 0 amide bonds. The molecule has 2 heterocycles. The number of hydrogen-bond donors (Lipinski definition) is 3. The molecule has 0 aromatic carbocycles. The zero-order valence-corrected chi connectivity index (χ0v) is 29.5. The fourth-order valence-corrected chi connectivity index (χ4v) is 11.0. The van der Waals surface area contributed by atoms with Crippen molar-refractivity contribution in [3.8, 4) is 0 Å². The summed E-state index contributed by atoms with van der Waals surface area (Å²) in [6.45, 7) is -0.161. The number of rotatable bonds is 21. The number of aliphatic hydroxyl groups excluding tert-OH is 1. The lowest BCUT2D eigenvalue weighted by atomic mass is 10.2. The maximum atomic E-state index is 12.0. The van der Waals surface area contributed by atoms with Crippen LogP contribution in [-0.2, 0) is 62.7 Å². The van der Waals surface area contributed by atoms with E-state index in [1.165, 1.54) is 6.92 Å². The monoisotopic (exact) mass is 815 g/mol. The number of ether oxygens (including phenoxy) is 1. The van der Waals surface area contributed by atoms with E-state index in [1.807, 2.05) is 4.98 Å². The zero-order valence-electron chi connectivity index (χ0n) is 24.1. The molecule has 2 rings (SSSR count). The Labute approximate surface area is 269 Å². The maximum Gasteiger partial charge on any atom is 0.330 e. The molecule has 0 radical (unpaired) electrons. The van der Waals surface area contributed by atoms with Crippen molar-refractivity contribution < 1.29 is 97.2 Å². The average Bonchev–Trinajstić information content (AvgIpc) is 3.23. The topological polar surface area (TPSA) is 416 Å². The number of nitrogens with two attached hydrogens (primary N) is 1. The Morgan fingerprint density at radius 3 is 1.77 bits per heavy atom. The van der Waals surface area contributed by atoms with Gasteiger partial charge in [0.25, 0.3) is 52.5 Å². The summed E-state index contributed by atoms with van der Waals surface area (Å²) < 4.78 is 102. The van der Waals surface area contributed by atoms with Crippen LogP contribution in [-0.4, -0.2) is 46.6 Å². The molecule has 1 aromatic heterocycles. The Kier molecular flexibility index (Phi) is 15.7. The molecule has 1 fully saturated rings. The predicted octanol–water partition coefficient (Wildman–Crippen LogP) is -3.06.